The van der Waals surface area contributed by atoms with Crippen molar-refractivity contribution in [3.63, 3.8) is 0 Å². The number of hydrogen-bond acceptors (Lipinski definition) is 7. The molecule has 3 aliphatic rings. The van der Waals surface area contributed by atoms with Gasteiger partial charge in [-0.25, -0.2) is 9.78 Å². The van der Waals surface area contributed by atoms with E-state index in [1.165, 1.54) is 35.8 Å². The van der Waals surface area contributed by atoms with Gasteiger partial charge in [-0.05, 0) is 43.4 Å². The lowest BCUT2D eigenvalue weighted by Gasteiger charge is -2.39. The zero-order valence-electron chi connectivity index (χ0n) is 21.7. The van der Waals surface area contributed by atoms with E-state index in [-0.39, 0.29) is 24.6 Å². The van der Waals surface area contributed by atoms with Gasteiger partial charge in [0.2, 0.25) is 11.9 Å². The molecular formula is C28H36N6O3. The Labute approximate surface area is 218 Å². The number of hydrogen-bond donors (Lipinski definition) is 1. The Balaban J connectivity index is 1.26. The second-order valence-corrected chi connectivity index (χ2v) is 10.1. The van der Waals surface area contributed by atoms with Crippen LogP contribution < -0.4 is 10.2 Å². The number of nitrogens with one attached hydrogen (secondary N) is 1. The Morgan fingerprint density at radius 3 is 2.54 bits per heavy atom. The molecule has 2 atom stereocenters. The van der Waals surface area contributed by atoms with Crippen LogP contribution in [0.25, 0.3) is 0 Å². The van der Waals surface area contributed by atoms with Crippen LogP contribution in [0, 0.1) is 5.92 Å². The maximum atomic E-state index is 12.1. The molecule has 37 heavy (non-hydrogen) atoms. The quantitative estimate of drug-likeness (QED) is 0.509. The molecule has 2 aromatic rings. The molecule has 0 bridgehead atoms. The van der Waals surface area contributed by atoms with Crippen LogP contribution in [-0.2, 0) is 16.1 Å². The predicted octanol–water partition coefficient (Wildman–Crippen LogP) is 4.30. The van der Waals surface area contributed by atoms with Crippen LogP contribution in [-0.4, -0.2) is 64.5 Å². The fourth-order valence-corrected chi connectivity index (χ4v) is 5.22. The van der Waals surface area contributed by atoms with E-state index in [4.69, 9.17) is 4.74 Å². The molecule has 1 saturated carbocycles. The molecule has 2 amide bonds. The first kappa shape index (κ1) is 25.2. The molecule has 1 saturated heterocycles. The van der Waals surface area contributed by atoms with Crippen LogP contribution in [0.3, 0.4) is 0 Å². The van der Waals surface area contributed by atoms with E-state index in [0.29, 0.717) is 24.4 Å². The first-order chi connectivity index (χ1) is 18.0. The second kappa shape index (κ2) is 10.9. The summed E-state index contributed by atoms with van der Waals surface area (Å²) in [6.45, 7) is 11.6. The largest absolute Gasteiger partial charge is 0.444 e. The van der Waals surface area contributed by atoms with Crippen molar-refractivity contribution < 1.29 is 14.3 Å². The lowest BCUT2D eigenvalue weighted by Crippen LogP contribution is -2.49. The molecule has 1 aliphatic carbocycles. The molecule has 1 N–H and O–H groups in total. The molecule has 0 radical (unpaired) electrons. The van der Waals surface area contributed by atoms with Gasteiger partial charge in [0.25, 0.3) is 0 Å². The van der Waals surface area contributed by atoms with E-state index < -0.39 is 0 Å². The second-order valence-electron chi connectivity index (χ2n) is 10.1. The first-order valence-corrected chi connectivity index (χ1v) is 13.3. The van der Waals surface area contributed by atoms with Crippen molar-refractivity contribution in [2.75, 3.05) is 42.9 Å². The summed E-state index contributed by atoms with van der Waals surface area (Å²) in [6, 6.07) is 9.20. The van der Waals surface area contributed by atoms with E-state index >= 15 is 0 Å². The maximum Gasteiger partial charge on any atom is 0.415 e. The highest BCUT2D eigenvalue weighted by atomic mass is 16.6. The number of cyclic esters (lactones) is 1. The van der Waals surface area contributed by atoms with E-state index in [0.717, 1.165) is 43.2 Å². The molecule has 0 spiro atoms. The number of carbonyl (C=O) groups is 2. The van der Waals surface area contributed by atoms with Gasteiger partial charge >= 0.3 is 6.09 Å². The monoisotopic (exact) mass is 504 g/mol. The number of aromatic nitrogens is 2. The van der Waals surface area contributed by atoms with Crippen molar-refractivity contribution in [2.24, 2.45) is 5.92 Å². The Morgan fingerprint density at radius 1 is 1.19 bits per heavy atom. The molecule has 1 unspecified atom stereocenters. The molecule has 1 aromatic carbocycles. The summed E-state index contributed by atoms with van der Waals surface area (Å²) in [7, 11) is 0. The fraction of sp³-hybridized carbons (Fsp3) is 0.500. The van der Waals surface area contributed by atoms with E-state index in [1.807, 2.05) is 11.8 Å². The molecule has 2 fully saturated rings. The smallest absolute Gasteiger partial charge is 0.415 e. The first-order valence-electron chi connectivity index (χ1n) is 13.3. The van der Waals surface area contributed by atoms with Crippen LogP contribution >= 0.6 is 0 Å². The zero-order chi connectivity index (χ0) is 25.9. The third kappa shape index (κ3) is 5.61. The molecule has 196 valence electrons. The van der Waals surface area contributed by atoms with Gasteiger partial charge in [0.05, 0.1) is 11.6 Å². The zero-order valence-corrected chi connectivity index (χ0v) is 21.7. The summed E-state index contributed by atoms with van der Waals surface area (Å²) < 4.78 is 5.18. The SMILES string of the molecule is C=CC(=O)N1CCN(C(CC2CC2)c2ccc([C@H](C)Nc3ncc4c(n3)N(CC)C(=O)OC4)cc2)CC1. The summed E-state index contributed by atoms with van der Waals surface area (Å²) in [6.07, 6.45) is 6.56. The maximum absolute atomic E-state index is 12.1. The summed E-state index contributed by atoms with van der Waals surface area (Å²) in [4.78, 5) is 39.1. The lowest BCUT2D eigenvalue weighted by atomic mass is 9.96. The standard InChI is InChI=1S/C28H36N6O3/c1-4-25(35)33-14-12-32(13-15-33)24(16-20-6-7-20)22-10-8-21(9-11-22)19(3)30-27-29-17-23-18-37-28(36)34(5-2)26(23)31-27/h4,8-11,17,19-20,24H,1,5-7,12-16,18H2,2-3H3,(H,29,30,31)/t19-,24?/m0/s1. The third-order valence-electron chi connectivity index (χ3n) is 7.65. The van der Waals surface area contributed by atoms with Gasteiger partial charge < -0.3 is 15.0 Å². The minimum atomic E-state index is -0.377. The van der Waals surface area contributed by atoms with E-state index in [9.17, 15) is 9.59 Å². The molecule has 5 rings (SSSR count). The van der Waals surface area contributed by atoms with Gasteiger partial charge in [-0.3, -0.25) is 14.6 Å². The highest BCUT2D eigenvalue weighted by Gasteiger charge is 2.32. The number of anilines is 2. The van der Waals surface area contributed by atoms with Crippen LogP contribution in [0.15, 0.2) is 43.1 Å². The summed E-state index contributed by atoms with van der Waals surface area (Å²) in [5.74, 6) is 1.92. The topological polar surface area (TPSA) is 90.9 Å². The molecule has 9 nitrogen and oxygen atoms in total. The minimum absolute atomic E-state index is 0.00642. The number of rotatable bonds is 9. The molecular weight excluding hydrogens is 468 g/mol. The summed E-state index contributed by atoms with van der Waals surface area (Å²) in [5, 5.41) is 3.39. The van der Waals surface area contributed by atoms with E-state index in [1.54, 1.807) is 6.20 Å². The number of carbonyl (C=O) groups excluding carboxylic acids is 2. The van der Waals surface area contributed by atoms with Crippen molar-refractivity contribution in [3.05, 3.63) is 59.8 Å². The Hall–Kier alpha value is -3.46. The molecule has 2 aliphatic heterocycles. The fourth-order valence-electron chi connectivity index (χ4n) is 5.22. The van der Waals surface area contributed by atoms with Gasteiger partial charge in [-0.2, -0.15) is 4.98 Å². The average Bonchev–Trinajstić information content (AvgIpc) is 3.76. The van der Waals surface area contributed by atoms with Crippen LogP contribution in [0.4, 0.5) is 16.6 Å². The highest BCUT2D eigenvalue weighted by Crippen LogP contribution is 2.40. The average molecular weight is 505 g/mol. The van der Waals surface area contributed by atoms with Crippen molar-refractivity contribution in [1.29, 1.82) is 0 Å². The lowest BCUT2D eigenvalue weighted by molar-refractivity contribution is -0.128. The number of piperazine rings is 1. The van der Waals surface area contributed by atoms with Gasteiger partial charge in [0, 0.05) is 45.0 Å². The van der Waals surface area contributed by atoms with Crippen molar-refractivity contribution in [3.8, 4) is 0 Å². The van der Waals surface area contributed by atoms with Gasteiger partial charge in [-0.1, -0.05) is 43.7 Å². The van der Waals surface area contributed by atoms with Gasteiger partial charge in [-0.15, -0.1) is 0 Å². The molecule has 1 aromatic heterocycles. The van der Waals surface area contributed by atoms with Crippen LogP contribution in [0.1, 0.15) is 61.9 Å². The number of amides is 2. The molecule has 9 heteroatoms. The number of nitrogens with zero attached hydrogens (tertiary/aromatic N) is 5. The minimum Gasteiger partial charge on any atom is -0.444 e. The van der Waals surface area contributed by atoms with E-state index in [2.05, 4.69) is 58.0 Å². The predicted molar refractivity (Wildman–Crippen MR) is 142 cm³/mol. The number of ether oxygens (including phenoxy) is 1. The Bertz CT molecular complexity index is 1140. The third-order valence-corrected chi connectivity index (χ3v) is 7.65. The Kier molecular flexibility index (Phi) is 7.41. The number of fused-ring (bicyclic) bond motifs is 1. The van der Waals surface area contributed by atoms with Crippen LogP contribution in [0.5, 0.6) is 0 Å². The van der Waals surface area contributed by atoms with Crippen molar-refractivity contribution in [1.82, 2.24) is 19.8 Å². The highest BCUT2D eigenvalue weighted by molar-refractivity contribution is 5.89. The normalized spacial score (nSPS) is 19.6. The van der Waals surface area contributed by atoms with Crippen molar-refractivity contribution in [2.45, 2.75) is 51.8 Å². The van der Waals surface area contributed by atoms with Gasteiger partial charge in [0.15, 0.2) is 0 Å². The van der Waals surface area contributed by atoms with Crippen LogP contribution in [0.2, 0.25) is 0 Å². The summed E-state index contributed by atoms with van der Waals surface area (Å²) in [5.41, 5.74) is 3.28. The molecule has 3 heterocycles. The van der Waals surface area contributed by atoms with Gasteiger partial charge in [0.1, 0.15) is 12.4 Å². The number of benzene rings is 1. The van der Waals surface area contributed by atoms with Crippen molar-refractivity contribution >= 4 is 23.8 Å². The Morgan fingerprint density at radius 2 is 1.89 bits per heavy atom. The summed E-state index contributed by atoms with van der Waals surface area (Å²) >= 11 is 0.